The number of aliphatic hydroxyl groups is 1. The molecule has 0 aliphatic rings. The number of hydrogen-bond donors (Lipinski definition) is 1. The summed E-state index contributed by atoms with van der Waals surface area (Å²) in [6.45, 7) is 0. The Kier molecular flexibility index (Phi) is 3.47. The van der Waals surface area contributed by atoms with Crippen LogP contribution < -0.4 is 0 Å². The van der Waals surface area contributed by atoms with Gasteiger partial charge in [0, 0.05) is 18.0 Å². The minimum absolute atomic E-state index is 0.0450. The van der Waals surface area contributed by atoms with Crippen molar-refractivity contribution < 1.29 is 27.8 Å². The number of carbonyl (C=O) groups excluding carboxylic acids is 1. The number of fused-ring (bicyclic) bond motifs is 1. The van der Waals surface area contributed by atoms with Gasteiger partial charge in [-0.05, 0) is 18.2 Å². The monoisotopic (exact) mass is 287 g/mol. The van der Waals surface area contributed by atoms with Crippen LogP contribution in [0, 0.1) is 0 Å². The summed E-state index contributed by atoms with van der Waals surface area (Å²) in [5, 5.41) is 9.72. The number of aryl methyl sites for hydroxylation is 1. The molecule has 1 N–H and O–H groups in total. The molecule has 1 unspecified atom stereocenters. The number of halogens is 3. The Labute approximate surface area is 112 Å². The Morgan fingerprint density at radius 3 is 2.60 bits per heavy atom. The number of methoxy groups -OCH3 is 1. The number of ether oxygens (including phenoxy) is 1. The average molecular weight is 287 g/mol. The smallest absolute Gasteiger partial charge is 0.417 e. The van der Waals surface area contributed by atoms with E-state index in [0.717, 1.165) is 19.2 Å². The highest BCUT2D eigenvalue weighted by Crippen LogP contribution is 2.36. The minimum atomic E-state index is -4.51. The van der Waals surface area contributed by atoms with Gasteiger partial charge in [-0.2, -0.15) is 13.2 Å². The summed E-state index contributed by atoms with van der Waals surface area (Å²) in [7, 11) is 2.57. The Morgan fingerprint density at radius 1 is 1.40 bits per heavy atom. The lowest BCUT2D eigenvalue weighted by Crippen LogP contribution is -2.16. The Hall–Kier alpha value is -2.02. The van der Waals surface area contributed by atoms with E-state index in [0.29, 0.717) is 0 Å². The number of aromatic nitrogens is 1. The van der Waals surface area contributed by atoms with Crippen molar-refractivity contribution in [3.05, 3.63) is 35.5 Å². The SMILES string of the molecule is COC(=O)C(O)c1cc2c(C(F)(F)F)cccc2n1C. The number of alkyl halides is 3. The normalized spacial score (nSPS) is 13.5. The van der Waals surface area contributed by atoms with E-state index in [1.807, 2.05) is 0 Å². The van der Waals surface area contributed by atoms with Gasteiger partial charge < -0.3 is 14.4 Å². The molecule has 1 atom stereocenters. The van der Waals surface area contributed by atoms with Gasteiger partial charge in [0.1, 0.15) is 0 Å². The Morgan fingerprint density at radius 2 is 2.05 bits per heavy atom. The molecule has 0 aliphatic carbocycles. The van der Waals surface area contributed by atoms with Gasteiger partial charge in [-0.1, -0.05) is 6.07 Å². The van der Waals surface area contributed by atoms with Gasteiger partial charge in [0.25, 0.3) is 0 Å². The molecule has 2 aromatic rings. The van der Waals surface area contributed by atoms with Crippen molar-refractivity contribution in [1.29, 1.82) is 0 Å². The second-order valence-electron chi connectivity index (χ2n) is 4.29. The summed E-state index contributed by atoms with van der Waals surface area (Å²) in [5.74, 6) is -0.926. The summed E-state index contributed by atoms with van der Waals surface area (Å²) < 4.78 is 44.5. The van der Waals surface area contributed by atoms with Crippen molar-refractivity contribution in [2.45, 2.75) is 12.3 Å². The molecule has 0 saturated heterocycles. The van der Waals surface area contributed by atoms with Crippen LogP contribution in [0.2, 0.25) is 0 Å². The van der Waals surface area contributed by atoms with E-state index >= 15 is 0 Å². The highest BCUT2D eigenvalue weighted by Gasteiger charge is 2.34. The van der Waals surface area contributed by atoms with Crippen LogP contribution in [0.4, 0.5) is 13.2 Å². The second kappa shape index (κ2) is 4.82. The van der Waals surface area contributed by atoms with Crippen molar-refractivity contribution in [2.75, 3.05) is 7.11 Å². The van der Waals surface area contributed by atoms with E-state index in [-0.39, 0.29) is 16.6 Å². The van der Waals surface area contributed by atoms with Crippen LogP contribution in [0.1, 0.15) is 17.4 Å². The topological polar surface area (TPSA) is 51.5 Å². The molecule has 0 spiro atoms. The predicted octanol–water partition coefficient (Wildman–Crippen LogP) is 2.40. The number of benzene rings is 1. The van der Waals surface area contributed by atoms with Crippen LogP contribution in [-0.2, 0) is 22.8 Å². The van der Waals surface area contributed by atoms with Crippen LogP contribution in [0.5, 0.6) is 0 Å². The fourth-order valence-electron chi connectivity index (χ4n) is 2.12. The van der Waals surface area contributed by atoms with Crippen molar-refractivity contribution >= 4 is 16.9 Å². The first-order chi connectivity index (χ1) is 9.27. The van der Waals surface area contributed by atoms with E-state index in [4.69, 9.17) is 0 Å². The second-order valence-corrected chi connectivity index (χ2v) is 4.29. The molecular formula is C13H12F3NO3. The van der Waals surface area contributed by atoms with Crippen LogP contribution in [-0.4, -0.2) is 22.8 Å². The van der Waals surface area contributed by atoms with E-state index < -0.39 is 23.8 Å². The number of hydrogen-bond acceptors (Lipinski definition) is 3. The molecule has 0 radical (unpaired) electrons. The largest absolute Gasteiger partial charge is 0.467 e. The molecule has 1 aromatic heterocycles. The first-order valence-corrected chi connectivity index (χ1v) is 5.68. The number of rotatable bonds is 2. The Balaban J connectivity index is 2.67. The third-order valence-corrected chi connectivity index (χ3v) is 3.13. The molecule has 0 bridgehead atoms. The van der Waals surface area contributed by atoms with Gasteiger partial charge in [0.2, 0.25) is 0 Å². The zero-order valence-electron chi connectivity index (χ0n) is 10.7. The highest BCUT2D eigenvalue weighted by molar-refractivity contribution is 5.87. The summed E-state index contributed by atoms with van der Waals surface area (Å²) in [5.41, 5.74) is -0.491. The molecule has 1 heterocycles. The molecule has 108 valence electrons. The fraction of sp³-hybridized carbons (Fsp3) is 0.308. The molecule has 1 aromatic carbocycles. The lowest BCUT2D eigenvalue weighted by Gasteiger charge is -2.09. The maximum atomic E-state index is 12.9. The van der Waals surface area contributed by atoms with Gasteiger partial charge >= 0.3 is 12.1 Å². The van der Waals surface area contributed by atoms with Gasteiger partial charge in [0.05, 0.1) is 18.4 Å². The van der Waals surface area contributed by atoms with E-state index in [1.165, 1.54) is 23.7 Å². The molecule has 2 rings (SSSR count). The molecule has 0 amide bonds. The van der Waals surface area contributed by atoms with Gasteiger partial charge in [0.15, 0.2) is 6.10 Å². The highest BCUT2D eigenvalue weighted by atomic mass is 19.4. The minimum Gasteiger partial charge on any atom is -0.467 e. The third kappa shape index (κ3) is 2.24. The molecule has 0 saturated carbocycles. The Bertz CT molecular complexity index is 661. The maximum Gasteiger partial charge on any atom is 0.417 e. The average Bonchev–Trinajstić information content (AvgIpc) is 2.73. The molecule has 0 aliphatic heterocycles. The van der Waals surface area contributed by atoms with Crippen LogP contribution in [0.25, 0.3) is 10.9 Å². The lowest BCUT2D eigenvalue weighted by atomic mass is 10.1. The van der Waals surface area contributed by atoms with Crippen LogP contribution in [0.3, 0.4) is 0 Å². The number of nitrogens with zero attached hydrogens (tertiary/aromatic N) is 1. The van der Waals surface area contributed by atoms with Crippen molar-refractivity contribution in [3.8, 4) is 0 Å². The first-order valence-electron chi connectivity index (χ1n) is 5.68. The van der Waals surface area contributed by atoms with Crippen LogP contribution >= 0.6 is 0 Å². The summed E-state index contributed by atoms with van der Waals surface area (Å²) in [4.78, 5) is 11.3. The van der Waals surface area contributed by atoms with Gasteiger partial charge in [-0.25, -0.2) is 4.79 Å². The van der Waals surface area contributed by atoms with Crippen LogP contribution in [0.15, 0.2) is 24.3 Å². The molecule has 20 heavy (non-hydrogen) atoms. The van der Waals surface area contributed by atoms with E-state index in [9.17, 15) is 23.1 Å². The van der Waals surface area contributed by atoms with Crippen molar-refractivity contribution in [2.24, 2.45) is 7.05 Å². The third-order valence-electron chi connectivity index (χ3n) is 3.13. The van der Waals surface area contributed by atoms with E-state index in [2.05, 4.69) is 4.74 Å². The lowest BCUT2D eigenvalue weighted by molar-refractivity contribution is -0.151. The van der Waals surface area contributed by atoms with Crippen molar-refractivity contribution in [1.82, 2.24) is 4.57 Å². The summed E-state index contributed by atoms with van der Waals surface area (Å²) in [6.07, 6.45) is -6.13. The maximum absolute atomic E-state index is 12.9. The number of carbonyl (C=O) groups is 1. The summed E-state index contributed by atoms with van der Waals surface area (Å²) >= 11 is 0. The van der Waals surface area contributed by atoms with Gasteiger partial charge in [-0.15, -0.1) is 0 Å². The number of aliphatic hydroxyl groups excluding tert-OH is 1. The standard InChI is InChI=1S/C13H12F3NO3/c1-17-9-5-3-4-8(13(14,15)16)7(9)6-10(17)11(18)12(19)20-2/h3-6,11,18H,1-2H3. The van der Waals surface area contributed by atoms with Gasteiger partial charge in [-0.3, -0.25) is 0 Å². The first kappa shape index (κ1) is 14.4. The fourth-order valence-corrected chi connectivity index (χ4v) is 2.12. The molecule has 7 heteroatoms. The molecular weight excluding hydrogens is 275 g/mol. The predicted molar refractivity (Wildman–Crippen MR) is 64.9 cm³/mol. The quantitative estimate of drug-likeness (QED) is 0.863. The zero-order chi connectivity index (χ0) is 15.1. The number of esters is 1. The summed E-state index contributed by atoms with van der Waals surface area (Å²) in [6, 6.07) is 4.87. The van der Waals surface area contributed by atoms with Crippen molar-refractivity contribution in [3.63, 3.8) is 0 Å². The zero-order valence-corrected chi connectivity index (χ0v) is 10.7. The molecule has 0 fully saturated rings. The molecule has 4 nitrogen and oxygen atoms in total. The van der Waals surface area contributed by atoms with E-state index in [1.54, 1.807) is 0 Å².